The number of hydrogen-bond acceptors (Lipinski definition) is 5. The quantitative estimate of drug-likeness (QED) is 0.469. The first kappa shape index (κ1) is 20.5. The zero-order chi connectivity index (χ0) is 22.2. The van der Waals surface area contributed by atoms with E-state index in [-0.39, 0.29) is 11.4 Å². The van der Waals surface area contributed by atoms with Gasteiger partial charge in [0, 0.05) is 29.7 Å². The van der Waals surface area contributed by atoms with Crippen LogP contribution in [-0.4, -0.2) is 40.1 Å². The van der Waals surface area contributed by atoms with E-state index in [2.05, 4.69) is 27.1 Å². The predicted molar refractivity (Wildman–Crippen MR) is 126 cm³/mol. The standard InChI is InChI=1S/C24H23ClN4O3/c1-32-17-13-26-29(14-17)22-23(30)19-11-18(20(25)12-21(19)27-24(22)31)15-5-7-16(8-6-15)28-9-3-2-4-10-28/h5-8,11-14H,2-4,9-10H2,1H3,(H2,27,30,31). The first-order valence-corrected chi connectivity index (χ1v) is 11.0. The zero-order valence-electron chi connectivity index (χ0n) is 17.6. The summed E-state index contributed by atoms with van der Waals surface area (Å²) in [6, 6.07) is 11.8. The van der Waals surface area contributed by atoms with Crippen LogP contribution in [0.5, 0.6) is 11.5 Å². The number of fused-ring (bicyclic) bond motifs is 1. The molecule has 0 bridgehead atoms. The van der Waals surface area contributed by atoms with Crippen LogP contribution in [-0.2, 0) is 0 Å². The van der Waals surface area contributed by atoms with Gasteiger partial charge in [-0.2, -0.15) is 5.10 Å². The largest absolute Gasteiger partial charge is 0.505 e. The molecule has 2 aromatic heterocycles. The molecule has 164 valence electrons. The minimum atomic E-state index is -0.476. The summed E-state index contributed by atoms with van der Waals surface area (Å²) in [5.41, 5.74) is 2.91. The van der Waals surface area contributed by atoms with Crippen molar-refractivity contribution in [1.82, 2.24) is 14.8 Å². The molecule has 1 fully saturated rings. The van der Waals surface area contributed by atoms with Gasteiger partial charge in [0.1, 0.15) is 0 Å². The molecule has 0 saturated carbocycles. The summed E-state index contributed by atoms with van der Waals surface area (Å²) in [5.74, 6) is 0.312. The molecule has 0 amide bonds. The third kappa shape index (κ3) is 3.58. The van der Waals surface area contributed by atoms with Crippen molar-refractivity contribution >= 4 is 28.2 Å². The molecule has 3 heterocycles. The van der Waals surface area contributed by atoms with Crippen LogP contribution in [0.3, 0.4) is 0 Å². The Balaban J connectivity index is 1.58. The van der Waals surface area contributed by atoms with E-state index in [0.717, 1.165) is 24.2 Å². The Bertz CT molecular complexity index is 1340. The molecule has 5 rings (SSSR count). The molecule has 2 aromatic carbocycles. The molecule has 0 atom stereocenters. The van der Waals surface area contributed by atoms with E-state index in [9.17, 15) is 9.90 Å². The molecule has 1 aliphatic rings. The first-order valence-electron chi connectivity index (χ1n) is 10.6. The van der Waals surface area contributed by atoms with Crippen molar-refractivity contribution in [2.45, 2.75) is 19.3 Å². The Labute approximate surface area is 189 Å². The van der Waals surface area contributed by atoms with Gasteiger partial charge in [-0.3, -0.25) is 4.79 Å². The molecule has 0 unspecified atom stereocenters. The fourth-order valence-corrected chi connectivity index (χ4v) is 4.53. The zero-order valence-corrected chi connectivity index (χ0v) is 18.4. The molecule has 0 aliphatic carbocycles. The van der Waals surface area contributed by atoms with E-state index in [4.69, 9.17) is 16.3 Å². The fourth-order valence-electron chi connectivity index (χ4n) is 4.26. The minimum absolute atomic E-state index is 0.0227. The number of methoxy groups -OCH3 is 1. The molecular formula is C24H23ClN4O3. The fraction of sp³-hybridized carbons (Fsp3) is 0.250. The van der Waals surface area contributed by atoms with Crippen LogP contribution in [0.4, 0.5) is 5.69 Å². The molecule has 7 nitrogen and oxygen atoms in total. The maximum atomic E-state index is 12.6. The van der Waals surface area contributed by atoms with Gasteiger partial charge in [-0.1, -0.05) is 23.7 Å². The molecule has 32 heavy (non-hydrogen) atoms. The van der Waals surface area contributed by atoms with Gasteiger partial charge in [0.2, 0.25) is 0 Å². The second-order valence-corrected chi connectivity index (χ2v) is 8.36. The van der Waals surface area contributed by atoms with Gasteiger partial charge in [0.05, 0.1) is 30.0 Å². The summed E-state index contributed by atoms with van der Waals surface area (Å²) in [6.45, 7) is 2.16. The van der Waals surface area contributed by atoms with Crippen molar-refractivity contribution in [1.29, 1.82) is 0 Å². The molecule has 4 aromatic rings. The third-order valence-electron chi connectivity index (χ3n) is 5.97. The normalized spacial score (nSPS) is 14.1. The number of pyridine rings is 1. The molecule has 0 radical (unpaired) electrons. The maximum Gasteiger partial charge on any atom is 0.278 e. The molecular weight excluding hydrogens is 428 g/mol. The average Bonchev–Trinajstić information content (AvgIpc) is 3.28. The van der Waals surface area contributed by atoms with Gasteiger partial charge in [-0.25, -0.2) is 4.68 Å². The lowest BCUT2D eigenvalue weighted by Crippen LogP contribution is -2.29. The number of ether oxygens (including phenoxy) is 1. The number of rotatable bonds is 4. The number of aromatic hydroxyl groups is 1. The number of H-pyrrole nitrogens is 1. The Kier molecular flexibility index (Phi) is 5.27. The summed E-state index contributed by atoms with van der Waals surface area (Å²) in [7, 11) is 1.51. The van der Waals surface area contributed by atoms with E-state index < -0.39 is 5.56 Å². The highest BCUT2D eigenvalue weighted by molar-refractivity contribution is 6.34. The number of benzene rings is 2. The van der Waals surface area contributed by atoms with Gasteiger partial charge in [-0.15, -0.1) is 0 Å². The average molecular weight is 451 g/mol. The van der Waals surface area contributed by atoms with Crippen LogP contribution in [0.15, 0.2) is 53.6 Å². The topological polar surface area (TPSA) is 83.4 Å². The molecule has 1 saturated heterocycles. The van der Waals surface area contributed by atoms with E-state index in [1.807, 2.05) is 12.1 Å². The van der Waals surface area contributed by atoms with E-state index >= 15 is 0 Å². The van der Waals surface area contributed by atoms with Crippen LogP contribution in [0.2, 0.25) is 5.02 Å². The summed E-state index contributed by atoms with van der Waals surface area (Å²) < 4.78 is 6.43. The number of anilines is 1. The van der Waals surface area contributed by atoms with Crippen LogP contribution >= 0.6 is 11.6 Å². The summed E-state index contributed by atoms with van der Waals surface area (Å²) in [5, 5.41) is 16.1. The maximum absolute atomic E-state index is 12.6. The number of aromatic amines is 1. The number of piperidine rings is 1. The van der Waals surface area contributed by atoms with Gasteiger partial charge >= 0.3 is 0 Å². The van der Waals surface area contributed by atoms with Crippen molar-refractivity contribution in [2.24, 2.45) is 0 Å². The lowest BCUT2D eigenvalue weighted by atomic mass is 10.0. The highest BCUT2D eigenvalue weighted by Crippen LogP contribution is 2.37. The van der Waals surface area contributed by atoms with Crippen molar-refractivity contribution in [2.75, 3.05) is 25.1 Å². The smallest absolute Gasteiger partial charge is 0.278 e. The lowest BCUT2D eigenvalue weighted by Gasteiger charge is -2.28. The molecule has 8 heteroatoms. The highest BCUT2D eigenvalue weighted by Gasteiger charge is 2.18. The molecule has 0 spiro atoms. The number of hydrogen-bond donors (Lipinski definition) is 2. The lowest BCUT2D eigenvalue weighted by molar-refractivity contribution is 0.414. The van der Waals surface area contributed by atoms with Gasteiger partial charge < -0.3 is 19.7 Å². The van der Waals surface area contributed by atoms with Crippen LogP contribution in [0, 0.1) is 0 Å². The number of nitrogens with one attached hydrogen (secondary N) is 1. The Morgan fingerprint density at radius 2 is 1.88 bits per heavy atom. The minimum Gasteiger partial charge on any atom is -0.505 e. The van der Waals surface area contributed by atoms with Crippen LogP contribution in [0.25, 0.3) is 27.7 Å². The van der Waals surface area contributed by atoms with Crippen molar-refractivity contribution in [3.05, 3.63) is 64.2 Å². The van der Waals surface area contributed by atoms with Crippen molar-refractivity contribution < 1.29 is 9.84 Å². The summed E-state index contributed by atoms with van der Waals surface area (Å²) >= 11 is 6.56. The first-order chi connectivity index (χ1) is 15.5. The Morgan fingerprint density at radius 1 is 1.12 bits per heavy atom. The highest BCUT2D eigenvalue weighted by atomic mass is 35.5. The summed E-state index contributed by atoms with van der Waals surface area (Å²) in [4.78, 5) is 17.8. The molecule has 2 N–H and O–H groups in total. The van der Waals surface area contributed by atoms with E-state index in [1.54, 1.807) is 12.1 Å². The SMILES string of the molecule is COc1cnn(-c2c(O)c3cc(-c4ccc(N5CCCCC5)cc4)c(Cl)cc3[nH]c2=O)c1. The second-order valence-electron chi connectivity index (χ2n) is 7.95. The summed E-state index contributed by atoms with van der Waals surface area (Å²) in [6.07, 6.45) is 6.74. The number of nitrogens with zero attached hydrogens (tertiary/aromatic N) is 3. The third-order valence-corrected chi connectivity index (χ3v) is 6.29. The number of halogens is 1. The number of aromatic nitrogens is 3. The van der Waals surface area contributed by atoms with Crippen molar-refractivity contribution in [3.8, 4) is 28.3 Å². The van der Waals surface area contributed by atoms with E-state index in [0.29, 0.717) is 21.7 Å². The predicted octanol–water partition coefficient (Wildman–Crippen LogP) is 4.74. The molecule has 1 aliphatic heterocycles. The van der Waals surface area contributed by atoms with Gasteiger partial charge in [0.15, 0.2) is 17.2 Å². The van der Waals surface area contributed by atoms with Gasteiger partial charge in [-0.05, 0) is 49.1 Å². The van der Waals surface area contributed by atoms with Gasteiger partial charge in [0.25, 0.3) is 5.56 Å². The Morgan fingerprint density at radius 3 is 2.56 bits per heavy atom. The van der Waals surface area contributed by atoms with E-state index in [1.165, 1.54) is 49.1 Å². The second kappa shape index (κ2) is 8.24. The van der Waals surface area contributed by atoms with Crippen molar-refractivity contribution in [3.63, 3.8) is 0 Å². The van der Waals surface area contributed by atoms with Crippen LogP contribution in [0.1, 0.15) is 19.3 Å². The van der Waals surface area contributed by atoms with Crippen LogP contribution < -0.4 is 15.2 Å². The Hall–Kier alpha value is -3.45. The monoisotopic (exact) mass is 450 g/mol.